The maximum absolute atomic E-state index is 9.88. The third kappa shape index (κ3) is 0.992. The van der Waals surface area contributed by atoms with Crippen LogP contribution in [0.5, 0.6) is 0 Å². The van der Waals surface area contributed by atoms with Crippen LogP contribution in [0, 0.1) is 0 Å². The molecule has 2 bridgehead atoms. The van der Waals surface area contributed by atoms with Crippen LogP contribution in [0.4, 0.5) is 0 Å². The Labute approximate surface area is 83.4 Å². The Morgan fingerprint density at radius 2 is 1.57 bits per heavy atom. The summed E-state index contributed by atoms with van der Waals surface area (Å²) in [5.41, 5.74) is 2.62. The van der Waals surface area contributed by atoms with Crippen molar-refractivity contribution in [3.05, 3.63) is 59.7 Å². The Balaban J connectivity index is 2.24. The molecule has 70 valence electrons. The molecule has 0 aliphatic heterocycles. The zero-order valence-corrected chi connectivity index (χ0v) is 7.80. The van der Waals surface area contributed by atoms with E-state index in [-0.39, 0.29) is 12.0 Å². The molecule has 1 aromatic carbocycles. The van der Waals surface area contributed by atoms with Crippen LogP contribution in [-0.2, 0) is 0 Å². The number of aliphatic hydroxyl groups excluding tert-OH is 1. The van der Waals surface area contributed by atoms with Crippen molar-refractivity contribution in [3.63, 3.8) is 0 Å². The van der Waals surface area contributed by atoms with E-state index in [1.165, 1.54) is 11.1 Å². The number of allylic oxidation sites excluding steroid dienone is 2. The van der Waals surface area contributed by atoms with Crippen molar-refractivity contribution in [2.75, 3.05) is 0 Å². The second kappa shape index (κ2) is 2.82. The lowest BCUT2D eigenvalue weighted by atomic mass is 9.82. The van der Waals surface area contributed by atoms with Gasteiger partial charge in [-0.15, -0.1) is 0 Å². The molecule has 0 saturated heterocycles. The molecule has 0 unspecified atom stereocenters. The lowest BCUT2D eigenvalue weighted by Gasteiger charge is -2.23. The largest absolute Gasteiger partial charge is 0.388 e. The zero-order valence-electron chi connectivity index (χ0n) is 7.80. The van der Waals surface area contributed by atoms with Gasteiger partial charge in [0.1, 0.15) is 0 Å². The Hall–Kier alpha value is -1.34. The number of benzene rings is 1. The summed E-state index contributed by atoms with van der Waals surface area (Å²) >= 11 is 0. The molecule has 0 radical (unpaired) electrons. The topological polar surface area (TPSA) is 20.2 Å². The summed E-state index contributed by atoms with van der Waals surface area (Å²) in [6.45, 7) is 0. The van der Waals surface area contributed by atoms with E-state index < -0.39 is 0 Å². The molecule has 14 heavy (non-hydrogen) atoms. The molecule has 1 N–H and O–H groups in total. The summed E-state index contributed by atoms with van der Waals surface area (Å²) in [5.74, 6) is 0.515. The SMILES string of the molecule is O[C@@H]1C=C[C@@H]2C=C[C@H]1c1ccccc12. The molecular formula is C13H12O. The zero-order chi connectivity index (χ0) is 9.54. The maximum Gasteiger partial charge on any atom is 0.0824 e. The molecule has 0 aromatic heterocycles. The van der Waals surface area contributed by atoms with Crippen molar-refractivity contribution >= 4 is 0 Å². The predicted octanol–water partition coefficient (Wildman–Crippen LogP) is 2.35. The van der Waals surface area contributed by atoms with Gasteiger partial charge in [-0.1, -0.05) is 48.6 Å². The van der Waals surface area contributed by atoms with Crippen molar-refractivity contribution in [1.29, 1.82) is 0 Å². The molecule has 0 amide bonds. The Morgan fingerprint density at radius 3 is 2.43 bits per heavy atom. The normalized spacial score (nSPS) is 32.8. The first kappa shape index (κ1) is 8.01. The summed E-state index contributed by atoms with van der Waals surface area (Å²) < 4.78 is 0. The van der Waals surface area contributed by atoms with Crippen LogP contribution < -0.4 is 0 Å². The molecule has 3 atom stereocenters. The summed E-state index contributed by atoms with van der Waals surface area (Å²) in [6, 6.07) is 8.37. The van der Waals surface area contributed by atoms with Crippen molar-refractivity contribution < 1.29 is 5.11 Å². The van der Waals surface area contributed by atoms with Gasteiger partial charge in [0.25, 0.3) is 0 Å². The van der Waals surface area contributed by atoms with Crippen LogP contribution in [0.3, 0.4) is 0 Å². The van der Waals surface area contributed by atoms with Crippen molar-refractivity contribution in [1.82, 2.24) is 0 Å². The van der Waals surface area contributed by atoms with Gasteiger partial charge in [0.15, 0.2) is 0 Å². The molecule has 4 rings (SSSR count). The van der Waals surface area contributed by atoms with Gasteiger partial charge in [0.2, 0.25) is 0 Å². The predicted molar refractivity (Wildman–Crippen MR) is 56.2 cm³/mol. The number of hydrogen-bond donors (Lipinski definition) is 1. The third-order valence-electron chi connectivity index (χ3n) is 3.12. The molecule has 0 heterocycles. The second-order valence-corrected chi connectivity index (χ2v) is 3.94. The fourth-order valence-electron chi connectivity index (χ4n) is 2.38. The van der Waals surface area contributed by atoms with E-state index in [2.05, 4.69) is 36.4 Å². The van der Waals surface area contributed by atoms with Crippen LogP contribution in [0.1, 0.15) is 23.0 Å². The smallest absolute Gasteiger partial charge is 0.0824 e. The lowest BCUT2D eigenvalue weighted by molar-refractivity contribution is 0.208. The summed E-state index contributed by atoms with van der Waals surface area (Å²) in [7, 11) is 0. The standard InChI is InChI=1S/C13H12O/c14-13-8-6-9-5-7-12(13)11-4-2-1-3-10(9)11/h1-9,12-14H/t9-,12-,13+/m0/s1. The van der Waals surface area contributed by atoms with Gasteiger partial charge < -0.3 is 5.11 Å². The molecule has 1 aromatic rings. The van der Waals surface area contributed by atoms with E-state index in [0.717, 1.165) is 0 Å². The molecule has 3 aliphatic rings. The molecule has 0 saturated carbocycles. The van der Waals surface area contributed by atoms with E-state index in [4.69, 9.17) is 0 Å². The number of fused-ring (bicyclic) bond motifs is 1. The van der Waals surface area contributed by atoms with E-state index >= 15 is 0 Å². The van der Waals surface area contributed by atoms with Gasteiger partial charge in [-0.2, -0.15) is 0 Å². The molecular weight excluding hydrogens is 172 g/mol. The molecule has 1 heteroatoms. The number of hydrogen-bond acceptors (Lipinski definition) is 1. The lowest BCUT2D eigenvalue weighted by Crippen LogP contribution is -2.15. The average Bonchev–Trinajstić information content (AvgIpc) is 2.49. The quantitative estimate of drug-likeness (QED) is 0.614. The van der Waals surface area contributed by atoms with Crippen LogP contribution in [0.15, 0.2) is 48.6 Å². The summed E-state index contributed by atoms with van der Waals surface area (Å²) in [5, 5.41) is 9.88. The van der Waals surface area contributed by atoms with Crippen LogP contribution >= 0.6 is 0 Å². The van der Waals surface area contributed by atoms with Gasteiger partial charge in [0.05, 0.1) is 6.10 Å². The minimum atomic E-state index is -0.361. The maximum atomic E-state index is 9.88. The van der Waals surface area contributed by atoms with Gasteiger partial charge in [-0.25, -0.2) is 0 Å². The highest BCUT2D eigenvalue weighted by molar-refractivity contribution is 5.47. The van der Waals surface area contributed by atoms with E-state index in [9.17, 15) is 5.11 Å². The van der Waals surface area contributed by atoms with Gasteiger partial charge >= 0.3 is 0 Å². The van der Waals surface area contributed by atoms with Crippen LogP contribution in [-0.4, -0.2) is 11.2 Å². The van der Waals surface area contributed by atoms with Crippen LogP contribution in [0.25, 0.3) is 0 Å². The van der Waals surface area contributed by atoms with Gasteiger partial charge in [-0.3, -0.25) is 0 Å². The third-order valence-corrected chi connectivity index (χ3v) is 3.12. The van der Waals surface area contributed by atoms with E-state index in [0.29, 0.717) is 5.92 Å². The fourth-order valence-corrected chi connectivity index (χ4v) is 2.38. The molecule has 1 nitrogen and oxygen atoms in total. The average molecular weight is 184 g/mol. The first-order valence-electron chi connectivity index (χ1n) is 5.00. The Kier molecular flexibility index (Phi) is 1.62. The monoisotopic (exact) mass is 184 g/mol. The van der Waals surface area contributed by atoms with Crippen molar-refractivity contribution in [2.24, 2.45) is 0 Å². The fraction of sp³-hybridized carbons (Fsp3) is 0.231. The molecule has 0 fully saturated rings. The van der Waals surface area contributed by atoms with E-state index in [1.807, 2.05) is 12.1 Å². The number of aliphatic hydroxyl groups is 1. The highest BCUT2D eigenvalue weighted by atomic mass is 16.3. The van der Waals surface area contributed by atoms with Crippen molar-refractivity contribution in [3.8, 4) is 0 Å². The summed E-state index contributed by atoms with van der Waals surface area (Å²) in [4.78, 5) is 0. The Bertz CT molecular complexity index is 417. The van der Waals surface area contributed by atoms with E-state index in [1.54, 1.807) is 0 Å². The second-order valence-electron chi connectivity index (χ2n) is 3.94. The van der Waals surface area contributed by atoms with Crippen LogP contribution in [0.2, 0.25) is 0 Å². The molecule has 0 spiro atoms. The van der Waals surface area contributed by atoms with Gasteiger partial charge in [0, 0.05) is 11.8 Å². The molecule has 3 aliphatic carbocycles. The highest BCUT2D eigenvalue weighted by Gasteiger charge is 2.27. The van der Waals surface area contributed by atoms with Gasteiger partial charge in [-0.05, 0) is 11.1 Å². The summed E-state index contributed by atoms with van der Waals surface area (Å²) in [6.07, 6.45) is 7.94. The minimum Gasteiger partial charge on any atom is -0.388 e. The Morgan fingerprint density at radius 1 is 0.857 bits per heavy atom. The first-order chi connectivity index (χ1) is 6.86. The number of rotatable bonds is 0. The first-order valence-corrected chi connectivity index (χ1v) is 5.00. The van der Waals surface area contributed by atoms with Crippen molar-refractivity contribution in [2.45, 2.75) is 17.9 Å². The highest BCUT2D eigenvalue weighted by Crippen LogP contribution is 2.39. The minimum absolute atomic E-state index is 0.154.